The van der Waals surface area contributed by atoms with E-state index in [4.69, 9.17) is 0 Å². The zero-order valence-electron chi connectivity index (χ0n) is 21.3. The van der Waals surface area contributed by atoms with Crippen molar-refractivity contribution in [1.82, 2.24) is 0 Å². The van der Waals surface area contributed by atoms with E-state index in [1.165, 1.54) is 0 Å². The first kappa shape index (κ1) is 48.6. The highest BCUT2D eigenvalue weighted by Crippen LogP contribution is 2.69. The normalized spacial score (nSPS) is 18.2. The third-order valence-electron chi connectivity index (χ3n) is 5.96. The van der Waals surface area contributed by atoms with Gasteiger partial charge in [0.25, 0.3) is 0 Å². The summed E-state index contributed by atoms with van der Waals surface area (Å²) >= 11 is 0. The van der Waals surface area contributed by atoms with Gasteiger partial charge in [0.05, 0.1) is 0 Å². The second-order valence-electron chi connectivity index (χ2n) is 9.14. The van der Waals surface area contributed by atoms with Gasteiger partial charge >= 0.3 is 95.2 Å². The molecule has 0 saturated heterocycles. The molecular weight excluding hydrogens is 854 g/mol. The minimum atomic E-state index is -10.2. The first-order valence-electron chi connectivity index (χ1n) is 10.3. The van der Waals surface area contributed by atoms with Crippen LogP contribution in [-0.4, -0.2) is 95.2 Å². The molecule has 51 heavy (non-hydrogen) atoms. The van der Waals surface area contributed by atoms with Crippen LogP contribution in [0.2, 0.25) is 0 Å². The second-order valence-corrected chi connectivity index (χ2v) is 9.14. The SMILES string of the molecule is FOC(F)(C(F)(F)C(F)(F)C(F)(F)F)C(F)(F)C(F)(F)C(F)(F)C(F)(F)C(F)(F)C(F)(F)C(F)(F)C(F)(F)C(F)(F)C(F)(F)C(F)(F)C(F)(F)F. The van der Waals surface area contributed by atoms with Gasteiger partial charge in [-0.05, 0) is 4.53 Å². The summed E-state index contributed by atoms with van der Waals surface area (Å²) in [4.78, 5) is 0.360. The Labute approximate surface area is 251 Å². The predicted octanol–water partition coefficient (Wildman–Crippen LogP) is 10.9. The highest BCUT2D eigenvalue weighted by Gasteiger charge is 3.02. The molecule has 0 N–H and O–H groups in total. The van der Waals surface area contributed by atoms with E-state index in [-0.39, 0.29) is 0 Å². The van der Waals surface area contributed by atoms with Crippen LogP contribution >= 0.6 is 0 Å². The fraction of sp³-hybridized carbons (Fsp3) is 1.00. The van der Waals surface area contributed by atoms with Crippen LogP contribution in [0.15, 0.2) is 0 Å². The van der Waals surface area contributed by atoms with Crippen LogP contribution in [0, 0.1) is 0 Å². The molecule has 0 amide bonds. The molecule has 308 valence electrons. The molecule has 1 unspecified atom stereocenters. The van der Waals surface area contributed by atoms with Crippen LogP contribution < -0.4 is 0 Å². The monoisotopic (exact) mass is 854 g/mol. The molecule has 0 aromatic carbocycles. The molecule has 0 aromatic heterocycles. The van der Waals surface area contributed by atoms with E-state index in [9.17, 15) is 149 Å². The molecule has 0 aliphatic rings. The Balaban J connectivity index is 7.81. The summed E-state index contributed by atoms with van der Waals surface area (Å²) in [6, 6.07) is 0. The molecule has 0 saturated carbocycles. The van der Waals surface area contributed by atoms with E-state index >= 15 is 0 Å². The summed E-state index contributed by atoms with van der Waals surface area (Å²) < 4.78 is 448. The quantitative estimate of drug-likeness (QED) is 0.158. The van der Waals surface area contributed by atoms with Crippen molar-refractivity contribution in [2.24, 2.45) is 0 Å². The van der Waals surface area contributed by atoms with Gasteiger partial charge in [-0.15, -0.1) is 4.94 Å². The minimum Gasteiger partial charge on any atom is -0.194 e. The second kappa shape index (κ2) is 11.5. The van der Waals surface area contributed by atoms with Gasteiger partial charge < -0.3 is 0 Å². The highest BCUT2D eigenvalue weighted by atomic mass is 19.4. The Morgan fingerprint density at radius 2 is 0.294 bits per heavy atom. The van der Waals surface area contributed by atoms with Gasteiger partial charge in [-0.2, -0.15) is 145 Å². The van der Waals surface area contributed by atoms with E-state index in [2.05, 4.69) is 0 Å². The summed E-state index contributed by atoms with van der Waals surface area (Å²) in [7, 11) is 0. The number of alkyl halides is 33. The molecular formula is C16F34O. The lowest BCUT2D eigenvalue weighted by molar-refractivity contribution is -0.521. The molecule has 1 nitrogen and oxygen atoms in total. The van der Waals surface area contributed by atoms with E-state index in [0.29, 0.717) is 4.94 Å². The standard InChI is InChI=1S/C16F34O/c17-1(18,3(21,22)5(25,26)7(29,30)9(33,34)12(39,40)15(44,45)46)2(19,20)4(23,24)6(27,28)8(31,32)10(35,36)14(43,51-50)11(37,38)13(41,42)16(47,48)49. The average Bonchev–Trinajstić information content (AvgIpc) is 2.89. The van der Waals surface area contributed by atoms with Gasteiger partial charge in [0, 0.05) is 0 Å². The first-order valence-corrected chi connectivity index (χ1v) is 10.3. The third kappa shape index (κ3) is 5.38. The number of halogens is 34. The van der Waals surface area contributed by atoms with Crippen LogP contribution in [0.3, 0.4) is 0 Å². The molecule has 35 heteroatoms. The molecule has 0 spiro atoms. The summed E-state index contributed by atoms with van der Waals surface area (Å²) in [6.07, 6.45) is -16.8. The largest absolute Gasteiger partial charge is 0.460 e. The topological polar surface area (TPSA) is 9.23 Å². The van der Waals surface area contributed by atoms with Crippen molar-refractivity contribution in [3.8, 4) is 0 Å². The van der Waals surface area contributed by atoms with Crippen molar-refractivity contribution in [2.75, 3.05) is 0 Å². The molecule has 1 atom stereocenters. The Kier molecular flexibility index (Phi) is 11.0. The summed E-state index contributed by atoms with van der Waals surface area (Å²) in [5.41, 5.74) is 0. The van der Waals surface area contributed by atoms with Crippen molar-refractivity contribution >= 4 is 0 Å². The lowest BCUT2D eigenvalue weighted by Gasteiger charge is -2.47. The first-order chi connectivity index (χ1) is 21.3. The molecule has 0 aliphatic carbocycles. The fourth-order valence-corrected chi connectivity index (χ4v) is 2.83. The van der Waals surface area contributed by atoms with Crippen LogP contribution in [0.4, 0.5) is 149 Å². The van der Waals surface area contributed by atoms with Gasteiger partial charge in [-0.25, -0.2) is 0 Å². The van der Waals surface area contributed by atoms with Crippen molar-refractivity contribution < 1.29 is 154 Å². The third-order valence-corrected chi connectivity index (χ3v) is 5.96. The number of rotatable bonds is 14. The van der Waals surface area contributed by atoms with Crippen LogP contribution in [0.5, 0.6) is 0 Å². The number of hydrogen-bond acceptors (Lipinski definition) is 1. The molecule has 0 bridgehead atoms. The van der Waals surface area contributed by atoms with E-state index in [0.717, 1.165) is 0 Å². The maximum Gasteiger partial charge on any atom is 0.460 e. The Morgan fingerprint density at radius 1 is 0.176 bits per heavy atom. The van der Waals surface area contributed by atoms with Gasteiger partial charge in [0.2, 0.25) is 0 Å². The maximum atomic E-state index is 13.8. The van der Waals surface area contributed by atoms with Gasteiger partial charge in [-0.3, -0.25) is 0 Å². The fourth-order valence-electron chi connectivity index (χ4n) is 2.83. The van der Waals surface area contributed by atoms with Crippen molar-refractivity contribution in [2.45, 2.75) is 95.2 Å². The zero-order chi connectivity index (χ0) is 42.7. The molecule has 0 heterocycles. The molecule has 0 rings (SSSR count). The van der Waals surface area contributed by atoms with Gasteiger partial charge in [0.15, 0.2) is 0 Å². The van der Waals surface area contributed by atoms with E-state index < -0.39 is 95.2 Å². The molecule has 0 aromatic rings. The zero-order valence-corrected chi connectivity index (χ0v) is 21.3. The van der Waals surface area contributed by atoms with Crippen molar-refractivity contribution in [1.29, 1.82) is 0 Å². The summed E-state index contributed by atoms with van der Waals surface area (Å²) in [5, 5.41) is 0. The Morgan fingerprint density at radius 3 is 0.451 bits per heavy atom. The highest BCUT2D eigenvalue weighted by molar-refractivity contribution is 5.22. The Bertz CT molecular complexity index is 1260. The Hall–Kier alpha value is -2.42. The smallest absolute Gasteiger partial charge is 0.194 e. The van der Waals surface area contributed by atoms with Gasteiger partial charge in [0.1, 0.15) is 0 Å². The van der Waals surface area contributed by atoms with E-state index in [1.807, 2.05) is 0 Å². The molecule has 0 fully saturated rings. The lowest BCUT2D eigenvalue weighted by atomic mass is 9.82. The van der Waals surface area contributed by atoms with Gasteiger partial charge in [-0.1, -0.05) is 0 Å². The van der Waals surface area contributed by atoms with Crippen molar-refractivity contribution in [3.05, 3.63) is 0 Å². The van der Waals surface area contributed by atoms with Crippen LogP contribution in [-0.2, 0) is 4.94 Å². The van der Waals surface area contributed by atoms with Crippen LogP contribution in [0.25, 0.3) is 0 Å². The maximum absolute atomic E-state index is 13.8. The predicted molar refractivity (Wildman–Crippen MR) is 82.5 cm³/mol. The summed E-state index contributed by atoms with van der Waals surface area (Å²) in [5.74, 6) is -136. The summed E-state index contributed by atoms with van der Waals surface area (Å²) in [6.45, 7) is 0. The minimum absolute atomic E-state index is 0.360. The molecule has 0 aliphatic heterocycles. The average molecular weight is 854 g/mol. The number of hydrogen-bond donors (Lipinski definition) is 0. The van der Waals surface area contributed by atoms with Crippen LogP contribution in [0.1, 0.15) is 0 Å². The van der Waals surface area contributed by atoms with E-state index in [1.54, 1.807) is 0 Å². The van der Waals surface area contributed by atoms with Crippen molar-refractivity contribution in [3.63, 3.8) is 0 Å². The molecule has 0 radical (unpaired) electrons. The lowest BCUT2D eigenvalue weighted by Crippen LogP contribution is -2.80.